The Bertz CT molecular complexity index is 784. The highest BCUT2D eigenvalue weighted by molar-refractivity contribution is 7.13. The number of carbonyl (C=O) groups is 1. The first-order valence-corrected chi connectivity index (χ1v) is 8.05. The SMILES string of the molecule is O=C(NCc1ccc(-c2cccs2)o1)c1cc(C2CC2)on1. The minimum absolute atomic E-state index is 0.246. The first-order chi connectivity index (χ1) is 10.8. The van der Waals surface area contributed by atoms with Crippen molar-refractivity contribution in [3.8, 4) is 10.6 Å². The van der Waals surface area contributed by atoms with Crippen LogP contribution in [0.15, 0.2) is 44.7 Å². The summed E-state index contributed by atoms with van der Waals surface area (Å²) in [4.78, 5) is 13.1. The molecule has 3 heterocycles. The third-order valence-electron chi connectivity index (χ3n) is 3.59. The maximum absolute atomic E-state index is 12.0. The largest absolute Gasteiger partial charge is 0.458 e. The van der Waals surface area contributed by atoms with Crippen LogP contribution < -0.4 is 5.32 Å². The predicted octanol–water partition coefficient (Wildman–Crippen LogP) is 3.80. The van der Waals surface area contributed by atoms with Gasteiger partial charge in [0.2, 0.25) is 0 Å². The zero-order chi connectivity index (χ0) is 14.9. The Labute approximate surface area is 130 Å². The van der Waals surface area contributed by atoms with E-state index in [2.05, 4.69) is 10.5 Å². The monoisotopic (exact) mass is 314 g/mol. The number of hydrogen-bond donors (Lipinski definition) is 1. The van der Waals surface area contributed by atoms with Crippen molar-refractivity contribution in [2.24, 2.45) is 0 Å². The summed E-state index contributed by atoms with van der Waals surface area (Å²) in [5.74, 6) is 2.54. The van der Waals surface area contributed by atoms with E-state index in [1.807, 2.05) is 29.6 Å². The van der Waals surface area contributed by atoms with Crippen molar-refractivity contribution in [3.05, 3.63) is 52.9 Å². The lowest BCUT2D eigenvalue weighted by molar-refractivity contribution is 0.0939. The normalized spacial score (nSPS) is 14.2. The summed E-state index contributed by atoms with van der Waals surface area (Å²) >= 11 is 1.62. The fraction of sp³-hybridized carbons (Fsp3) is 0.250. The average molecular weight is 314 g/mol. The number of rotatable bonds is 5. The van der Waals surface area contributed by atoms with Gasteiger partial charge in [-0.25, -0.2) is 0 Å². The molecule has 1 amide bonds. The highest BCUT2D eigenvalue weighted by Crippen LogP contribution is 2.40. The second-order valence-electron chi connectivity index (χ2n) is 5.31. The minimum atomic E-state index is -0.246. The Morgan fingerprint density at radius 2 is 2.27 bits per heavy atom. The number of furan rings is 1. The van der Waals surface area contributed by atoms with Crippen molar-refractivity contribution in [1.29, 1.82) is 0 Å². The molecule has 112 valence electrons. The number of carbonyl (C=O) groups excluding carboxylic acids is 1. The van der Waals surface area contributed by atoms with E-state index >= 15 is 0 Å². The summed E-state index contributed by atoms with van der Waals surface area (Å²) in [6.07, 6.45) is 2.24. The van der Waals surface area contributed by atoms with Gasteiger partial charge >= 0.3 is 0 Å². The summed E-state index contributed by atoms with van der Waals surface area (Å²) in [5, 5.41) is 8.62. The average Bonchev–Trinajstić information content (AvgIpc) is 3.02. The molecule has 0 saturated heterocycles. The molecule has 0 aromatic carbocycles. The molecule has 0 radical (unpaired) electrons. The minimum Gasteiger partial charge on any atom is -0.458 e. The molecule has 0 aliphatic heterocycles. The van der Waals surface area contributed by atoms with Crippen molar-refractivity contribution in [3.63, 3.8) is 0 Å². The molecule has 3 aromatic heterocycles. The number of amides is 1. The fourth-order valence-corrected chi connectivity index (χ4v) is 2.93. The molecule has 0 spiro atoms. The second kappa shape index (κ2) is 5.46. The van der Waals surface area contributed by atoms with Gasteiger partial charge in [-0.3, -0.25) is 4.79 Å². The van der Waals surface area contributed by atoms with Gasteiger partial charge in [0, 0.05) is 12.0 Å². The standard InChI is InChI=1S/C16H14N2O3S/c19-16(12-8-14(21-18-12)10-3-4-10)17-9-11-5-6-13(20-11)15-2-1-7-22-15/h1-2,5-8,10H,3-4,9H2,(H,17,19). The Morgan fingerprint density at radius 1 is 1.36 bits per heavy atom. The van der Waals surface area contributed by atoms with E-state index < -0.39 is 0 Å². The van der Waals surface area contributed by atoms with Crippen molar-refractivity contribution in [1.82, 2.24) is 10.5 Å². The third kappa shape index (κ3) is 2.69. The molecule has 22 heavy (non-hydrogen) atoms. The van der Waals surface area contributed by atoms with Crippen LogP contribution in [0.25, 0.3) is 10.6 Å². The smallest absolute Gasteiger partial charge is 0.273 e. The topological polar surface area (TPSA) is 68.3 Å². The summed E-state index contributed by atoms with van der Waals surface area (Å²) in [6.45, 7) is 0.329. The molecule has 5 nitrogen and oxygen atoms in total. The number of nitrogens with zero attached hydrogens (tertiary/aromatic N) is 1. The first-order valence-electron chi connectivity index (χ1n) is 7.17. The van der Waals surface area contributed by atoms with Gasteiger partial charge in [0.15, 0.2) is 5.69 Å². The van der Waals surface area contributed by atoms with Gasteiger partial charge in [0.1, 0.15) is 17.3 Å². The molecule has 1 aliphatic carbocycles. The van der Waals surface area contributed by atoms with Gasteiger partial charge < -0.3 is 14.3 Å². The Balaban J connectivity index is 1.38. The lowest BCUT2D eigenvalue weighted by atomic mass is 10.3. The molecule has 0 atom stereocenters. The molecular weight excluding hydrogens is 300 g/mol. The van der Waals surface area contributed by atoms with Gasteiger partial charge in [0.05, 0.1) is 11.4 Å². The van der Waals surface area contributed by atoms with E-state index in [4.69, 9.17) is 8.94 Å². The van der Waals surface area contributed by atoms with E-state index in [0.29, 0.717) is 23.9 Å². The van der Waals surface area contributed by atoms with Gasteiger partial charge in [-0.1, -0.05) is 11.2 Å². The van der Waals surface area contributed by atoms with E-state index in [-0.39, 0.29) is 5.91 Å². The maximum atomic E-state index is 12.0. The highest BCUT2D eigenvalue weighted by atomic mass is 32.1. The molecule has 4 rings (SSSR count). The number of nitrogens with one attached hydrogen (secondary N) is 1. The third-order valence-corrected chi connectivity index (χ3v) is 4.47. The van der Waals surface area contributed by atoms with Crippen molar-refractivity contribution in [2.75, 3.05) is 0 Å². The van der Waals surface area contributed by atoms with Crippen LogP contribution in [0, 0.1) is 0 Å². The zero-order valence-corrected chi connectivity index (χ0v) is 12.6. The lowest BCUT2D eigenvalue weighted by Gasteiger charge is -1.99. The summed E-state index contributed by atoms with van der Waals surface area (Å²) in [5.41, 5.74) is 0.326. The van der Waals surface area contributed by atoms with Crippen LogP contribution >= 0.6 is 11.3 Å². The Kier molecular flexibility index (Phi) is 3.31. The molecule has 0 unspecified atom stereocenters. The molecule has 1 N–H and O–H groups in total. The molecule has 1 saturated carbocycles. The van der Waals surface area contributed by atoms with Crippen molar-refractivity contribution >= 4 is 17.2 Å². The molecule has 1 aliphatic rings. The van der Waals surface area contributed by atoms with E-state index in [9.17, 15) is 4.79 Å². The molecular formula is C16H14N2O3S. The van der Waals surface area contributed by atoms with Crippen molar-refractivity contribution < 1.29 is 13.7 Å². The fourth-order valence-electron chi connectivity index (χ4n) is 2.24. The van der Waals surface area contributed by atoms with Crippen LogP contribution in [0.3, 0.4) is 0 Å². The molecule has 3 aromatic rings. The van der Waals surface area contributed by atoms with Crippen LogP contribution in [0.5, 0.6) is 0 Å². The van der Waals surface area contributed by atoms with Gasteiger partial charge in [0.25, 0.3) is 5.91 Å². The maximum Gasteiger partial charge on any atom is 0.273 e. The quantitative estimate of drug-likeness (QED) is 0.777. The van der Waals surface area contributed by atoms with Crippen LogP contribution in [-0.4, -0.2) is 11.1 Å². The van der Waals surface area contributed by atoms with Crippen LogP contribution in [0.1, 0.15) is 40.8 Å². The summed E-state index contributed by atoms with van der Waals surface area (Å²) in [6, 6.07) is 9.49. The van der Waals surface area contributed by atoms with Gasteiger partial charge in [-0.15, -0.1) is 11.3 Å². The second-order valence-corrected chi connectivity index (χ2v) is 6.26. The van der Waals surface area contributed by atoms with Crippen LogP contribution in [-0.2, 0) is 6.54 Å². The van der Waals surface area contributed by atoms with Gasteiger partial charge in [-0.2, -0.15) is 0 Å². The van der Waals surface area contributed by atoms with Crippen molar-refractivity contribution in [2.45, 2.75) is 25.3 Å². The summed E-state index contributed by atoms with van der Waals surface area (Å²) < 4.78 is 10.9. The lowest BCUT2D eigenvalue weighted by Crippen LogP contribution is -2.22. The number of hydrogen-bond acceptors (Lipinski definition) is 5. The first kappa shape index (κ1) is 13.3. The predicted molar refractivity (Wildman–Crippen MR) is 81.7 cm³/mol. The van der Waals surface area contributed by atoms with E-state index in [1.165, 1.54) is 0 Å². The molecule has 1 fully saturated rings. The van der Waals surface area contributed by atoms with Crippen LogP contribution in [0.2, 0.25) is 0 Å². The van der Waals surface area contributed by atoms with Crippen LogP contribution in [0.4, 0.5) is 0 Å². The van der Waals surface area contributed by atoms with Gasteiger partial charge in [-0.05, 0) is 36.4 Å². The molecule has 0 bridgehead atoms. The molecule has 6 heteroatoms. The summed E-state index contributed by atoms with van der Waals surface area (Å²) in [7, 11) is 0. The Morgan fingerprint density at radius 3 is 3.05 bits per heavy atom. The highest BCUT2D eigenvalue weighted by Gasteiger charge is 2.28. The zero-order valence-electron chi connectivity index (χ0n) is 11.7. The van der Waals surface area contributed by atoms with E-state index in [1.54, 1.807) is 17.4 Å². The Hall–Kier alpha value is -2.34. The number of aromatic nitrogens is 1. The number of thiophene rings is 1. The van der Waals surface area contributed by atoms with E-state index in [0.717, 1.165) is 29.2 Å².